The molecule has 0 heterocycles. The lowest BCUT2D eigenvalue weighted by Crippen LogP contribution is -1.83. The Kier molecular flexibility index (Phi) is 6.87. The molecule has 14 heavy (non-hydrogen) atoms. The maximum absolute atomic E-state index is 11.7. The summed E-state index contributed by atoms with van der Waals surface area (Å²) in [5, 5.41) is 0. The van der Waals surface area contributed by atoms with E-state index < -0.39 is 8.26 Å². The lowest BCUT2D eigenvalue weighted by atomic mass is 10.2. The van der Waals surface area contributed by atoms with Gasteiger partial charge in [0.1, 0.15) is 0 Å². The van der Waals surface area contributed by atoms with Crippen LogP contribution in [0.1, 0.15) is 5.56 Å². The standard InChI is InChI=1S/C8H9F.Cl2O2S/c9-7-6-8-4-2-1-3-5-8;1-5(2,3)4/h1-5H,6-7H2;. The van der Waals surface area contributed by atoms with Gasteiger partial charge in [0.25, 0.3) is 0 Å². The van der Waals surface area contributed by atoms with Crippen molar-refractivity contribution in [3.05, 3.63) is 35.9 Å². The SMILES string of the molecule is FCCc1ccccc1.O=S(=O)(Cl)Cl. The molecule has 0 fully saturated rings. The van der Waals surface area contributed by atoms with Crippen molar-refractivity contribution in [2.45, 2.75) is 6.42 Å². The van der Waals surface area contributed by atoms with Crippen LogP contribution < -0.4 is 0 Å². The van der Waals surface area contributed by atoms with Gasteiger partial charge in [0.15, 0.2) is 0 Å². The summed E-state index contributed by atoms with van der Waals surface area (Å²) in [7, 11) is 4.81. The first kappa shape index (κ1) is 13.7. The summed E-state index contributed by atoms with van der Waals surface area (Å²) >= 11 is 0. The third-order valence-electron chi connectivity index (χ3n) is 1.23. The topological polar surface area (TPSA) is 34.1 Å². The highest BCUT2D eigenvalue weighted by molar-refractivity contribution is 8.31. The summed E-state index contributed by atoms with van der Waals surface area (Å²) in [5.74, 6) is 0. The monoisotopic (exact) mass is 258 g/mol. The molecular formula is C8H9Cl2FO2S. The Morgan fingerprint density at radius 2 is 1.57 bits per heavy atom. The summed E-state index contributed by atoms with van der Waals surface area (Å²) in [6.45, 7) is -0.260. The predicted molar refractivity (Wildman–Crippen MR) is 56.7 cm³/mol. The normalized spacial score (nSPS) is 10.2. The van der Waals surface area contributed by atoms with E-state index in [9.17, 15) is 4.39 Å². The second kappa shape index (κ2) is 7.04. The summed E-state index contributed by atoms with van der Waals surface area (Å²) < 4.78 is 30.0. The number of hydrogen-bond donors (Lipinski definition) is 0. The van der Waals surface area contributed by atoms with E-state index in [1.54, 1.807) is 0 Å². The van der Waals surface area contributed by atoms with Crippen LogP contribution in [-0.2, 0) is 14.7 Å². The number of halogens is 3. The smallest absolute Gasteiger partial charge is 0.251 e. The average molecular weight is 259 g/mol. The van der Waals surface area contributed by atoms with E-state index in [-0.39, 0.29) is 6.67 Å². The van der Waals surface area contributed by atoms with Gasteiger partial charge < -0.3 is 0 Å². The number of benzene rings is 1. The van der Waals surface area contributed by atoms with Crippen molar-refractivity contribution in [3.8, 4) is 0 Å². The molecule has 0 radical (unpaired) electrons. The van der Waals surface area contributed by atoms with E-state index in [1.807, 2.05) is 30.3 Å². The van der Waals surface area contributed by atoms with E-state index in [1.165, 1.54) is 0 Å². The van der Waals surface area contributed by atoms with Crippen LogP contribution >= 0.6 is 21.4 Å². The van der Waals surface area contributed by atoms with Gasteiger partial charge in [0.05, 0.1) is 6.67 Å². The Hall–Kier alpha value is -0.320. The van der Waals surface area contributed by atoms with Crippen molar-refractivity contribution in [1.29, 1.82) is 0 Å². The number of aryl methyl sites for hydroxylation is 1. The minimum Gasteiger partial charge on any atom is -0.251 e. The van der Waals surface area contributed by atoms with Gasteiger partial charge in [-0.25, -0.2) is 0 Å². The molecule has 0 spiro atoms. The first-order chi connectivity index (χ1) is 6.43. The maximum Gasteiger partial charge on any atom is 0.317 e. The Labute approximate surface area is 91.6 Å². The predicted octanol–water partition coefficient (Wildman–Crippen LogP) is 2.91. The molecule has 0 aliphatic carbocycles. The van der Waals surface area contributed by atoms with Crippen LogP contribution in [0.5, 0.6) is 0 Å². The molecule has 6 heteroatoms. The van der Waals surface area contributed by atoms with Gasteiger partial charge >= 0.3 is 8.26 Å². The van der Waals surface area contributed by atoms with Gasteiger partial charge in [-0.2, -0.15) is 8.42 Å². The zero-order chi connectivity index (χ0) is 11.0. The number of alkyl halides is 1. The molecule has 80 valence electrons. The summed E-state index contributed by atoms with van der Waals surface area (Å²) in [4.78, 5) is 0. The van der Waals surface area contributed by atoms with Crippen molar-refractivity contribution in [2.75, 3.05) is 6.67 Å². The van der Waals surface area contributed by atoms with Crippen molar-refractivity contribution in [3.63, 3.8) is 0 Å². The number of rotatable bonds is 2. The fourth-order valence-corrected chi connectivity index (χ4v) is 0.754. The second-order valence-corrected chi connectivity index (χ2v) is 5.97. The molecule has 0 saturated heterocycles. The Morgan fingerprint density at radius 3 is 1.93 bits per heavy atom. The molecule has 0 aliphatic rings. The van der Waals surface area contributed by atoms with E-state index in [4.69, 9.17) is 8.42 Å². The lowest BCUT2D eigenvalue weighted by Gasteiger charge is -1.92. The van der Waals surface area contributed by atoms with Crippen LogP contribution in [0.2, 0.25) is 0 Å². The van der Waals surface area contributed by atoms with Gasteiger partial charge in [0.2, 0.25) is 0 Å². The minimum atomic E-state index is -3.72. The van der Waals surface area contributed by atoms with Gasteiger partial charge in [-0.05, 0) is 5.56 Å². The summed E-state index contributed by atoms with van der Waals surface area (Å²) in [6.07, 6.45) is 0.542. The molecule has 1 aromatic carbocycles. The van der Waals surface area contributed by atoms with Crippen LogP contribution in [0.4, 0.5) is 4.39 Å². The van der Waals surface area contributed by atoms with Gasteiger partial charge in [0, 0.05) is 27.8 Å². The van der Waals surface area contributed by atoms with Crippen LogP contribution in [-0.4, -0.2) is 15.1 Å². The Morgan fingerprint density at radius 1 is 1.14 bits per heavy atom. The molecular weight excluding hydrogens is 250 g/mol. The fourth-order valence-electron chi connectivity index (χ4n) is 0.754. The highest BCUT2D eigenvalue weighted by Crippen LogP contribution is 1.99. The third kappa shape index (κ3) is 11.7. The van der Waals surface area contributed by atoms with Crippen LogP contribution in [0.25, 0.3) is 0 Å². The van der Waals surface area contributed by atoms with Crippen LogP contribution in [0, 0.1) is 0 Å². The maximum atomic E-state index is 11.7. The summed E-state index contributed by atoms with van der Waals surface area (Å²) in [6, 6.07) is 9.64. The van der Waals surface area contributed by atoms with Gasteiger partial charge in [-0.3, -0.25) is 4.39 Å². The van der Waals surface area contributed by atoms with E-state index in [2.05, 4.69) is 21.4 Å². The third-order valence-corrected chi connectivity index (χ3v) is 1.23. The molecule has 0 unspecified atom stereocenters. The van der Waals surface area contributed by atoms with Crippen molar-refractivity contribution >= 4 is 29.6 Å². The van der Waals surface area contributed by atoms with Crippen LogP contribution in [0.15, 0.2) is 30.3 Å². The highest BCUT2D eigenvalue weighted by Gasteiger charge is 1.88. The molecule has 0 N–H and O–H groups in total. The Bertz CT molecular complexity index is 332. The molecule has 0 aromatic heterocycles. The number of hydrogen-bond acceptors (Lipinski definition) is 2. The van der Waals surface area contributed by atoms with Crippen molar-refractivity contribution in [2.24, 2.45) is 0 Å². The van der Waals surface area contributed by atoms with Crippen molar-refractivity contribution < 1.29 is 12.8 Å². The summed E-state index contributed by atoms with van der Waals surface area (Å²) in [5.41, 5.74) is 1.07. The zero-order valence-electron chi connectivity index (χ0n) is 7.16. The van der Waals surface area contributed by atoms with Gasteiger partial charge in [-0.1, -0.05) is 30.3 Å². The molecule has 0 aliphatic heterocycles. The quantitative estimate of drug-likeness (QED) is 0.765. The minimum absolute atomic E-state index is 0.260. The van der Waals surface area contributed by atoms with Crippen molar-refractivity contribution in [1.82, 2.24) is 0 Å². The fraction of sp³-hybridized carbons (Fsp3) is 0.250. The average Bonchev–Trinajstić information content (AvgIpc) is 2.03. The molecule has 2 nitrogen and oxygen atoms in total. The molecule has 0 bridgehead atoms. The lowest BCUT2D eigenvalue weighted by molar-refractivity contribution is 0.495. The van der Waals surface area contributed by atoms with E-state index in [0.717, 1.165) is 5.56 Å². The van der Waals surface area contributed by atoms with E-state index in [0.29, 0.717) is 6.42 Å². The second-order valence-electron chi connectivity index (χ2n) is 2.30. The zero-order valence-corrected chi connectivity index (χ0v) is 9.49. The molecule has 0 saturated carbocycles. The molecule has 1 aromatic rings. The van der Waals surface area contributed by atoms with E-state index >= 15 is 0 Å². The van der Waals surface area contributed by atoms with Crippen LogP contribution in [0.3, 0.4) is 0 Å². The highest BCUT2D eigenvalue weighted by atomic mass is 36.0. The molecule has 0 amide bonds. The first-order valence-electron chi connectivity index (χ1n) is 3.67. The van der Waals surface area contributed by atoms with Gasteiger partial charge in [-0.15, -0.1) is 0 Å². The molecule has 0 atom stereocenters. The molecule has 1 rings (SSSR count). The Balaban J connectivity index is 0.000000292. The largest absolute Gasteiger partial charge is 0.317 e. The first-order valence-corrected chi connectivity index (χ1v) is 6.81.